The van der Waals surface area contributed by atoms with Crippen LogP contribution in [0.25, 0.3) is 0 Å². The predicted octanol–water partition coefficient (Wildman–Crippen LogP) is 1.16. The zero-order chi connectivity index (χ0) is 14.2. The van der Waals surface area contributed by atoms with Gasteiger partial charge in [0.1, 0.15) is 5.75 Å². The van der Waals surface area contributed by atoms with Gasteiger partial charge >= 0.3 is 0 Å². The lowest BCUT2D eigenvalue weighted by Crippen LogP contribution is -2.51. The first kappa shape index (κ1) is 13.9. The largest absolute Gasteiger partial charge is 0.497 e. The third-order valence-electron chi connectivity index (χ3n) is 4.25. The molecule has 6 heteroatoms. The molecule has 0 aliphatic carbocycles. The van der Waals surface area contributed by atoms with Crippen LogP contribution >= 0.6 is 0 Å². The first-order chi connectivity index (χ1) is 9.61. The molecule has 110 valence electrons. The first-order valence-corrected chi connectivity index (χ1v) is 8.43. The summed E-state index contributed by atoms with van der Waals surface area (Å²) in [4.78, 5) is 2.75. The summed E-state index contributed by atoms with van der Waals surface area (Å²) in [6, 6.07) is 7.03. The molecule has 0 aromatic heterocycles. The highest BCUT2D eigenvalue weighted by Gasteiger charge is 2.36. The number of nitrogens with zero attached hydrogens (tertiary/aromatic N) is 2. The second kappa shape index (κ2) is 5.35. The molecule has 0 spiro atoms. The van der Waals surface area contributed by atoms with Gasteiger partial charge in [-0.15, -0.1) is 0 Å². The number of methoxy groups -OCH3 is 1. The van der Waals surface area contributed by atoms with E-state index in [2.05, 4.69) is 4.90 Å². The number of sulfonamides is 1. The standard InChI is InChI=1S/C14H20N2O3S/c1-19-13-4-6-14(7-5-13)20(17,18)16-10-9-15-8-2-3-12(15)11-16/h4-7,12H,2-3,8-11H2,1H3/t12-/m1/s1. The van der Waals surface area contributed by atoms with E-state index in [1.54, 1.807) is 35.7 Å². The molecule has 0 bridgehead atoms. The summed E-state index contributed by atoms with van der Waals surface area (Å²) in [7, 11) is -1.80. The van der Waals surface area contributed by atoms with Crippen LogP contribution in [0.4, 0.5) is 0 Å². The van der Waals surface area contributed by atoms with E-state index in [1.165, 1.54) is 6.42 Å². The van der Waals surface area contributed by atoms with Crippen LogP contribution in [-0.4, -0.2) is 57.0 Å². The van der Waals surface area contributed by atoms with Crippen molar-refractivity contribution in [2.45, 2.75) is 23.8 Å². The van der Waals surface area contributed by atoms with Gasteiger partial charge < -0.3 is 4.74 Å². The number of hydrogen-bond acceptors (Lipinski definition) is 4. The maximum atomic E-state index is 12.6. The number of benzene rings is 1. The lowest BCUT2D eigenvalue weighted by atomic mass is 10.2. The lowest BCUT2D eigenvalue weighted by molar-refractivity contribution is 0.158. The van der Waals surface area contributed by atoms with Crippen molar-refractivity contribution in [2.24, 2.45) is 0 Å². The molecule has 1 atom stereocenters. The van der Waals surface area contributed by atoms with Gasteiger partial charge in [0.05, 0.1) is 12.0 Å². The Morgan fingerprint density at radius 3 is 2.60 bits per heavy atom. The second-order valence-corrected chi connectivity index (χ2v) is 7.31. The van der Waals surface area contributed by atoms with Gasteiger partial charge in [-0.05, 0) is 43.7 Å². The fourth-order valence-corrected chi connectivity index (χ4v) is 4.55. The lowest BCUT2D eigenvalue weighted by Gasteiger charge is -2.36. The van der Waals surface area contributed by atoms with Gasteiger partial charge in [0.25, 0.3) is 0 Å². The third kappa shape index (κ3) is 2.43. The summed E-state index contributed by atoms with van der Waals surface area (Å²) in [6.07, 6.45) is 2.29. The Morgan fingerprint density at radius 1 is 1.15 bits per heavy atom. The first-order valence-electron chi connectivity index (χ1n) is 6.99. The minimum atomic E-state index is -3.37. The molecular weight excluding hydrogens is 276 g/mol. The molecule has 0 unspecified atom stereocenters. The molecule has 1 aromatic carbocycles. The molecular formula is C14H20N2O3S. The van der Waals surface area contributed by atoms with E-state index in [0.29, 0.717) is 29.8 Å². The Kier molecular flexibility index (Phi) is 3.70. The van der Waals surface area contributed by atoms with Crippen molar-refractivity contribution in [2.75, 3.05) is 33.3 Å². The summed E-state index contributed by atoms with van der Waals surface area (Å²) in [5.74, 6) is 0.671. The van der Waals surface area contributed by atoms with Gasteiger partial charge in [-0.2, -0.15) is 4.31 Å². The van der Waals surface area contributed by atoms with E-state index in [4.69, 9.17) is 4.74 Å². The van der Waals surface area contributed by atoms with Crippen molar-refractivity contribution in [3.63, 3.8) is 0 Å². The van der Waals surface area contributed by atoms with Gasteiger partial charge in [-0.25, -0.2) is 8.42 Å². The Morgan fingerprint density at radius 2 is 1.90 bits per heavy atom. The minimum absolute atomic E-state index is 0.352. The number of fused-ring (bicyclic) bond motifs is 1. The summed E-state index contributed by atoms with van der Waals surface area (Å²) in [5, 5.41) is 0. The molecule has 20 heavy (non-hydrogen) atoms. The summed E-state index contributed by atoms with van der Waals surface area (Å²) < 4.78 is 32.0. The average Bonchev–Trinajstić information content (AvgIpc) is 2.94. The molecule has 1 aromatic rings. The predicted molar refractivity (Wildman–Crippen MR) is 76.3 cm³/mol. The third-order valence-corrected chi connectivity index (χ3v) is 6.13. The smallest absolute Gasteiger partial charge is 0.243 e. The van der Waals surface area contributed by atoms with Crippen molar-refractivity contribution in [1.29, 1.82) is 0 Å². The van der Waals surface area contributed by atoms with E-state index >= 15 is 0 Å². The number of hydrogen-bond donors (Lipinski definition) is 0. The summed E-state index contributed by atoms with van der Waals surface area (Å²) in [6.45, 7) is 3.17. The van der Waals surface area contributed by atoms with Gasteiger partial charge in [-0.3, -0.25) is 4.90 Å². The Labute approximate surface area is 120 Å². The summed E-state index contributed by atoms with van der Waals surface area (Å²) in [5.41, 5.74) is 0. The van der Waals surface area contributed by atoms with Crippen molar-refractivity contribution < 1.29 is 13.2 Å². The molecule has 2 fully saturated rings. The number of rotatable bonds is 3. The zero-order valence-electron chi connectivity index (χ0n) is 11.7. The van der Waals surface area contributed by atoms with Gasteiger partial charge in [-0.1, -0.05) is 0 Å². The minimum Gasteiger partial charge on any atom is -0.497 e. The molecule has 2 heterocycles. The molecule has 0 radical (unpaired) electrons. The number of piperazine rings is 1. The van der Waals surface area contributed by atoms with Crippen LogP contribution in [0, 0.1) is 0 Å². The highest BCUT2D eigenvalue weighted by molar-refractivity contribution is 7.89. The molecule has 3 rings (SSSR count). The van der Waals surface area contributed by atoms with Crippen LogP contribution in [0.15, 0.2) is 29.2 Å². The van der Waals surface area contributed by atoms with Gasteiger partial charge in [0, 0.05) is 25.7 Å². The van der Waals surface area contributed by atoms with Crippen LogP contribution in [0.2, 0.25) is 0 Å². The van der Waals surface area contributed by atoms with E-state index < -0.39 is 10.0 Å². The van der Waals surface area contributed by atoms with E-state index in [0.717, 1.165) is 19.5 Å². The van der Waals surface area contributed by atoms with Crippen LogP contribution in [-0.2, 0) is 10.0 Å². The van der Waals surface area contributed by atoms with E-state index in [-0.39, 0.29) is 0 Å². The summed E-state index contributed by atoms with van der Waals surface area (Å²) >= 11 is 0. The molecule has 2 saturated heterocycles. The van der Waals surface area contributed by atoms with Crippen molar-refractivity contribution >= 4 is 10.0 Å². The highest BCUT2D eigenvalue weighted by Crippen LogP contribution is 2.26. The fourth-order valence-electron chi connectivity index (χ4n) is 3.08. The molecule has 0 saturated carbocycles. The molecule has 2 aliphatic rings. The second-order valence-electron chi connectivity index (χ2n) is 5.37. The molecule has 0 amide bonds. The van der Waals surface area contributed by atoms with Crippen molar-refractivity contribution in [3.05, 3.63) is 24.3 Å². The maximum absolute atomic E-state index is 12.6. The van der Waals surface area contributed by atoms with Crippen LogP contribution < -0.4 is 4.74 Å². The zero-order valence-corrected chi connectivity index (χ0v) is 12.5. The van der Waals surface area contributed by atoms with Crippen LogP contribution in [0.5, 0.6) is 5.75 Å². The van der Waals surface area contributed by atoms with Gasteiger partial charge in [0.2, 0.25) is 10.0 Å². The Bertz CT molecular complexity index is 571. The normalized spacial score (nSPS) is 24.6. The monoisotopic (exact) mass is 296 g/mol. The topological polar surface area (TPSA) is 49.9 Å². The Balaban J connectivity index is 1.80. The van der Waals surface area contributed by atoms with Crippen molar-refractivity contribution in [1.82, 2.24) is 9.21 Å². The van der Waals surface area contributed by atoms with Crippen LogP contribution in [0.1, 0.15) is 12.8 Å². The SMILES string of the molecule is COc1ccc(S(=O)(=O)N2CCN3CCC[C@@H]3C2)cc1. The van der Waals surface area contributed by atoms with E-state index in [1.807, 2.05) is 0 Å². The molecule has 2 aliphatic heterocycles. The maximum Gasteiger partial charge on any atom is 0.243 e. The van der Waals surface area contributed by atoms with Crippen LogP contribution in [0.3, 0.4) is 0 Å². The number of ether oxygens (including phenoxy) is 1. The fraction of sp³-hybridized carbons (Fsp3) is 0.571. The molecule has 5 nitrogen and oxygen atoms in total. The average molecular weight is 296 g/mol. The van der Waals surface area contributed by atoms with E-state index in [9.17, 15) is 8.42 Å². The Hall–Kier alpha value is -1.11. The van der Waals surface area contributed by atoms with Crippen molar-refractivity contribution in [3.8, 4) is 5.75 Å². The highest BCUT2D eigenvalue weighted by atomic mass is 32.2. The molecule has 0 N–H and O–H groups in total. The quantitative estimate of drug-likeness (QED) is 0.840. The van der Waals surface area contributed by atoms with Gasteiger partial charge in [0.15, 0.2) is 0 Å².